The fourth-order valence-corrected chi connectivity index (χ4v) is 3.30. The maximum atomic E-state index is 12.7. The highest BCUT2D eigenvalue weighted by atomic mass is 35.5. The van der Waals surface area contributed by atoms with Gasteiger partial charge in [0.05, 0.1) is 6.67 Å². The van der Waals surface area contributed by atoms with Gasteiger partial charge in [-0.05, 0) is 19.6 Å². The Kier molecular flexibility index (Phi) is 5.08. The van der Waals surface area contributed by atoms with Gasteiger partial charge in [0, 0.05) is 19.0 Å². The lowest BCUT2D eigenvalue weighted by Crippen LogP contribution is -2.48. The smallest absolute Gasteiger partial charge is 0.296 e. The summed E-state index contributed by atoms with van der Waals surface area (Å²) in [5.41, 5.74) is 0. The molecule has 122 valence electrons. The van der Waals surface area contributed by atoms with Gasteiger partial charge in [-0.1, -0.05) is 22.9 Å². The molecule has 0 radical (unpaired) electrons. The Morgan fingerprint density at radius 2 is 2.23 bits per heavy atom. The highest BCUT2D eigenvalue weighted by Crippen LogP contribution is 2.42. The predicted molar refractivity (Wildman–Crippen MR) is 79.6 cm³/mol. The van der Waals surface area contributed by atoms with Crippen molar-refractivity contribution >= 4 is 40.7 Å². The molecule has 1 amide bonds. The molecule has 1 aliphatic carbocycles. The van der Waals surface area contributed by atoms with Crippen molar-refractivity contribution in [2.75, 3.05) is 18.6 Å². The van der Waals surface area contributed by atoms with E-state index in [0.29, 0.717) is 30.8 Å². The third-order valence-electron chi connectivity index (χ3n) is 3.43. The first-order chi connectivity index (χ1) is 10.2. The van der Waals surface area contributed by atoms with Crippen LogP contribution in [0.1, 0.15) is 17.7 Å². The first-order valence-electron chi connectivity index (χ1n) is 6.41. The molecule has 2 rings (SSSR count). The van der Waals surface area contributed by atoms with E-state index < -0.39 is 16.2 Å². The molecule has 5 nitrogen and oxygen atoms in total. The van der Waals surface area contributed by atoms with E-state index in [1.54, 1.807) is 0 Å². The summed E-state index contributed by atoms with van der Waals surface area (Å²) in [4.78, 5) is 19.7. The van der Waals surface area contributed by atoms with Crippen molar-refractivity contribution in [1.82, 2.24) is 10.3 Å². The van der Waals surface area contributed by atoms with Gasteiger partial charge in [-0.25, -0.2) is 4.98 Å². The molecule has 10 heteroatoms. The van der Waals surface area contributed by atoms with E-state index in [1.165, 1.54) is 7.05 Å². The Bertz CT molecular complexity index is 571. The number of carbonyl (C=O) groups excluding carboxylic acids is 1. The number of hydrogen-bond donors (Lipinski definition) is 1. The summed E-state index contributed by atoms with van der Waals surface area (Å²) in [6, 6.07) is 0.179. The van der Waals surface area contributed by atoms with E-state index in [2.05, 4.69) is 22.0 Å². The molecular weight excluding hydrogens is 341 g/mol. The van der Waals surface area contributed by atoms with E-state index in [1.807, 2.05) is 0 Å². The number of alkyl halides is 3. The van der Waals surface area contributed by atoms with Crippen LogP contribution in [0.15, 0.2) is 4.99 Å². The zero-order valence-electron chi connectivity index (χ0n) is 11.7. The number of hydrogen-bond acceptors (Lipinski definition) is 5. The zero-order chi connectivity index (χ0) is 16.5. The quantitative estimate of drug-likeness (QED) is 0.827. The lowest BCUT2D eigenvalue weighted by molar-refractivity contribution is -0.134. The first kappa shape index (κ1) is 17.2. The Balaban J connectivity index is 1.99. The minimum absolute atomic E-state index is 0.0495. The van der Waals surface area contributed by atoms with Gasteiger partial charge in [0.25, 0.3) is 0 Å². The van der Waals surface area contributed by atoms with E-state index >= 15 is 0 Å². The largest absolute Gasteiger partial charge is 0.428 e. The molecule has 0 aromatic carbocycles. The van der Waals surface area contributed by atoms with Crippen LogP contribution in [0.3, 0.4) is 0 Å². The highest BCUT2D eigenvalue weighted by molar-refractivity contribution is 7.16. The van der Waals surface area contributed by atoms with Gasteiger partial charge >= 0.3 is 6.18 Å². The molecule has 1 N–H and O–H groups in total. The normalized spacial score (nSPS) is 21.3. The number of aromatic nitrogens is 1. The van der Waals surface area contributed by atoms with Crippen molar-refractivity contribution in [3.63, 3.8) is 0 Å². The van der Waals surface area contributed by atoms with Crippen LogP contribution in [0.4, 0.5) is 18.3 Å². The summed E-state index contributed by atoms with van der Waals surface area (Å²) in [5.74, 6) is -0.493. The fraction of sp³-hybridized carbons (Fsp3) is 0.583. The van der Waals surface area contributed by atoms with Crippen molar-refractivity contribution in [1.29, 1.82) is 0 Å². The molecule has 0 spiro atoms. The summed E-state index contributed by atoms with van der Waals surface area (Å²) < 4.78 is 38.1. The second-order valence-electron chi connectivity index (χ2n) is 4.96. The molecule has 1 aliphatic rings. The molecule has 1 fully saturated rings. The third-order valence-corrected chi connectivity index (χ3v) is 4.99. The molecule has 1 saturated carbocycles. The van der Waals surface area contributed by atoms with Gasteiger partial charge in [-0.15, -0.1) is 0 Å². The Labute approximate surface area is 134 Å². The second-order valence-corrected chi connectivity index (χ2v) is 6.30. The molecule has 0 unspecified atom stereocenters. The van der Waals surface area contributed by atoms with E-state index in [4.69, 9.17) is 11.6 Å². The summed E-state index contributed by atoms with van der Waals surface area (Å²) >= 11 is 5.87. The number of halogens is 4. The molecular formula is C12H14ClF3N4OS. The minimum atomic E-state index is -4.57. The van der Waals surface area contributed by atoms with Crippen molar-refractivity contribution in [2.45, 2.75) is 25.1 Å². The number of amides is 1. The summed E-state index contributed by atoms with van der Waals surface area (Å²) in [6.45, 7) is 3.76. The molecule has 1 aromatic heterocycles. The highest BCUT2D eigenvalue weighted by Gasteiger charge is 2.40. The number of nitrogens with zero attached hydrogens (tertiary/aromatic N) is 3. The van der Waals surface area contributed by atoms with Gasteiger partial charge in [-0.2, -0.15) is 13.2 Å². The van der Waals surface area contributed by atoms with Crippen molar-refractivity contribution in [3.8, 4) is 0 Å². The minimum Gasteiger partial charge on any atom is -0.296 e. The summed E-state index contributed by atoms with van der Waals surface area (Å²) in [5, 5.41) is 2.41. The zero-order valence-corrected chi connectivity index (χ0v) is 13.2. The first-order valence-corrected chi connectivity index (χ1v) is 7.60. The Hall–Kier alpha value is -1.19. The van der Waals surface area contributed by atoms with Gasteiger partial charge < -0.3 is 0 Å². The standard InChI is InChI=1S/C12H14ClF3N4OS/c1-17-5-18-7-3-6(4-7)10(21)20(2)11-19-9(13)8(22-11)12(14,15)16/h6-7,18H,1,3-5H2,2H3/t6-,7-. The maximum absolute atomic E-state index is 12.7. The summed E-state index contributed by atoms with van der Waals surface area (Å²) in [7, 11) is 1.41. The van der Waals surface area contributed by atoms with Crippen LogP contribution in [0.25, 0.3) is 0 Å². The number of aliphatic imine (C=N–C) groups is 1. The van der Waals surface area contributed by atoms with E-state index in [-0.39, 0.29) is 23.0 Å². The Morgan fingerprint density at radius 1 is 1.59 bits per heavy atom. The number of anilines is 1. The molecule has 0 atom stereocenters. The van der Waals surface area contributed by atoms with Crippen LogP contribution < -0.4 is 10.2 Å². The van der Waals surface area contributed by atoms with Crippen molar-refractivity contribution in [3.05, 3.63) is 10.0 Å². The Morgan fingerprint density at radius 3 is 2.73 bits per heavy atom. The van der Waals surface area contributed by atoms with Crippen molar-refractivity contribution in [2.24, 2.45) is 10.9 Å². The number of rotatable bonds is 5. The number of thiazole rings is 1. The van der Waals surface area contributed by atoms with Crippen LogP contribution in [-0.2, 0) is 11.0 Å². The molecule has 0 aliphatic heterocycles. The molecule has 1 aromatic rings. The topological polar surface area (TPSA) is 57.6 Å². The maximum Gasteiger partial charge on any atom is 0.428 e. The van der Waals surface area contributed by atoms with Gasteiger partial charge in [0.1, 0.15) is 4.88 Å². The van der Waals surface area contributed by atoms with Gasteiger partial charge in [0.2, 0.25) is 5.91 Å². The van der Waals surface area contributed by atoms with Crippen LogP contribution in [0, 0.1) is 5.92 Å². The predicted octanol–water partition coefficient (Wildman–Crippen LogP) is 2.80. The summed E-state index contributed by atoms with van der Waals surface area (Å²) in [6.07, 6.45) is -3.34. The molecule has 1 heterocycles. The van der Waals surface area contributed by atoms with Crippen molar-refractivity contribution < 1.29 is 18.0 Å². The van der Waals surface area contributed by atoms with Gasteiger partial charge in [0.15, 0.2) is 10.3 Å². The van der Waals surface area contributed by atoms with Crippen LogP contribution in [0.5, 0.6) is 0 Å². The molecule has 0 saturated heterocycles. The third kappa shape index (κ3) is 3.58. The average Bonchev–Trinajstić information content (AvgIpc) is 2.78. The van der Waals surface area contributed by atoms with Gasteiger partial charge in [-0.3, -0.25) is 20.0 Å². The number of nitrogens with one attached hydrogen (secondary N) is 1. The average molecular weight is 355 g/mol. The van der Waals surface area contributed by atoms with E-state index in [0.717, 1.165) is 4.90 Å². The SMILES string of the molecule is C=NCN[C@H]1C[C@H](C(=O)N(C)c2nc(Cl)c(C(F)(F)F)s2)C1. The van der Waals surface area contributed by atoms with Crippen LogP contribution >= 0.6 is 22.9 Å². The monoisotopic (exact) mass is 354 g/mol. The molecule has 0 bridgehead atoms. The lowest BCUT2D eigenvalue weighted by Gasteiger charge is -2.36. The van der Waals surface area contributed by atoms with E-state index in [9.17, 15) is 18.0 Å². The molecule has 22 heavy (non-hydrogen) atoms. The van der Waals surface area contributed by atoms with Crippen LogP contribution in [-0.4, -0.2) is 37.4 Å². The fourth-order valence-electron chi connectivity index (χ4n) is 2.16. The number of carbonyl (C=O) groups is 1. The second kappa shape index (κ2) is 6.51. The lowest BCUT2D eigenvalue weighted by atomic mass is 9.79. The van der Waals surface area contributed by atoms with Crippen LogP contribution in [0.2, 0.25) is 5.15 Å².